The van der Waals surface area contributed by atoms with Crippen LogP contribution in [0.2, 0.25) is 0 Å². The van der Waals surface area contributed by atoms with Gasteiger partial charge in [0.2, 0.25) is 5.91 Å². The summed E-state index contributed by atoms with van der Waals surface area (Å²) in [5, 5.41) is 20.6. The maximum Gasteiger partial charge on any atom is 0.335 e. The Morgan fingerprint density at radius 1 is 1.23 bits per heavy atom. The molecule has 2 fully saturated rings. The number of likely N-dealkylation sites (tertiary alicyclic amines) is 2. The van der Waals surface area contributed by atoms with Crippen molar-refractivity contribution in [3.05, 3.63) is 46.4 Å². The Morgan fingerprint density at radius 3 is 2.52 bits per heavy atom. The number of aromatic carboxylic acids is 1. The van der Waals surface area contributed by atoms with Gasteiger partial charge in [-0.15, -0.1) is 0 Å². The third-order valence-electron chi connectivity index (χ3n) is 6.78. The molecule has 4 rings (SSSR count). The molecular weight excluding hydrogens is 399 g/mol. The maximum absolute atomic E-state index is 14.5. The van der Waals surface area contributed by atoms with Gasteiger partial charge in [-0.2, -0.15) is 0 Å². The van der Waals surface area contributed by atoms with Crippen LogP contribution in [0, 0.1) is 23.1 Å². The van der Waals surface area contributed by atoms with E-state index in [1.807, 2.05) is 4.90 Å². The minimum atomic E-state index is -1.21. The Bertz CT molecular complexity index is 948. The van der Waals surface area contributed by atoms with Crippen molar-refractivity contribution in [3.63, 3.8) is 0 Å². The van der Waals surface area contributed by atoms with E-state index in [4.69, 9.17) is 10.5 Å². The smallest absolute Gasteiger partial charge is 0.335 e. The van der Waals surface area contributed by atoms with Crippen LogP contribution in [-0.2, 0) is 4.79 Å². The van der Waals surface area contributed by atoms with Crippen LogP contribution >= 0.6 is 0 Å². The number of amides is 1. The van der Waals surface area contributed by atoms with Crippen molar-refractivity contribution in [3.8, 4) is 0 Å². The summed E-state index contributed by atoms with van der Waals surface area (Å²) < 4.78 is 14.5. The molecule has 0 bridgehead atoms. The van der Waals surface area contributed by atoms with Gasteiger partial charge in [0.05, 0.1) is 11.3 Å². The molecule has 1 aromatic rings. The standard InChI is InChI=1S/C23H29FN4O3/c1-13-9-27(10-13)16-11-28(12-16)22(29)14-3-6-18(20(8-14)26-2)21(25)17-5-4-15(23(30)31)7-19(17)24/h4-5,7,13-14,16,25-26H,3,6,8-12H2,1-2H3,(H,30,31)/t14-/m0/s1. The fourth-order valence-corrected chi connectivity index (χ4v) is 4.86. The van der Waals surface area contributed by atoms with Gasteiger partial charge in [0, 0.05) is 56.4 Å². The molecule has 1 aliphatic carbocycles. The molecular formula is C23H29FN4O3. The molecule has 2 saturated heterocycles. The van der Waals surface area contributed by atoms with E-state index in [1.165, 1.54) is 12.1 Å². The lowest BCUT2D eigenvalue weighted by molar-refractivity contribution is -0.145. The highest BCUT2D eigenvalue weighted by atomic mass is 19.1. The second kappa shape index (κ2) is 8.42. The summed E-state index contributed by atoms with van der Waals surface area (Å²) in [6.45, 7) is 6.08. The highest BCUT2D eigenvalue weighted by molar-refractivity contribution is 6.11. The number of carbonyl (C=O) groups excluding carboxylic acids is 1. The van der Waals surface area contributed by atoms with Crippen LogP contribution in [0.25, 0.3) is 0 Å². The highest BCUT2D eigenvalue weighted by Gasteiger charge is 2.41. The Morgan fingerprint density at radius 2 is 1.94 bits per heavy atom. The first-order valence-electron chi connectivity index (χ1n) is 10.8. The Balaban J connectivity index is 1.42. The van der Waals surface area contributed by atoms with Gasteiger partial charge < -0.3 is 15.3 Å². The molecule has 0 spiro atoms. The summed E-state index contributed by atoms with van der Waals surface area (Å²) in [5.74, 6) is -1.14. The molecule has 0 unspecified atom stereocenters. The number of carboxylic acids is 1. The van der Waals surface area contributed by atoms with Crippen molar-refractivity contribution in [1.29, 1.82) is 5.41 Å². The first-order chi connectivity index (χ1) is 14.8. The van der Waals surface area contributed by atoms with Gasteiger partial charge in [0.1, 0.15) is 5.82 Å². The van der Waals surface area contributed by atoms with E-state index in [0.29, 0.717) is 30.9 Å². The predicted octanol–water partition coefficient (Wildman–Crippen LogP) is 2.33. The highest BCUT2D eigenvalue weighted by Crippen LogP contribution is 2.34. The molecule has 7 nitrogen and oxygen atoms in total. The topological polar surface area (TPSA) is 96.7 Å². The molecule has 3 aliphatic rings. The van der Waals surface area contributed by atoms with Crippen LogP contribution in [0.3, 0.4) is 0 Å². The van der Waals surface area contributed by atoms with E-state index in [2.05, 4.69) is 17.1 Å². The summed E-state index contributed by atoms with van der Waals surface area (Å²) in [4.78, 5) is 28.4. The number of rotatable bonds is 6. The summed E-state index contributed by atoms with van der Waals surface area (Å²) in [6.07, 6.45) is 1.63. The van der Waals surface area contributed by atoms with E-state index in [0.717, 1.165) is 43.9 Å². The molecule has 3 N–H and O–H groups in total. The Kier molecular flexibility index (Phi) is 5.83. The lowest BCUT2D eigenvalue weighted by Crippen LogP contribution is -2.66. The van der Waals surface area contributed by atoms with Crippen molar-refractivity contribution in [2.75, 3.05) is 33.2 Å². The van der Waals surface area contributed by atoms with E-state index in [1.54, 1.807) is 7.05 Å². The number of nitrogens with one attached hydrogen (secondary N) is 2. The number of carbonyl (C=O) groups is 2. The molecule has 0 aromatic heterocycles. The molecule has 0 radical (unpaired) electrons. The van der Waals surface area contributed by atoms with Crippen molar-refractivity contribution in [2.24, 2.45) is 11.8 Å². The van der Waals surface area contributed by atoms with Crippen molar-refractivity contribution < 1.29 is 19.1 Å². The van der Waals surface area contributed by atoms with Gasteiger partial charge >= 0.3 is 5.97 Å². The normalized spacial score (nSPS) is 22.7. The minimum Gasteiger partial charge on any atom is -0.478 e. The van der Waals surface area contributed by atoms with Crippen LogP contribution in [0.4, 0.5) is 4.39 Å². The van der Waals surface area contributed by atoms with Gasteiger partial charge in [-0.1, -0.05) is 6.92 Å². The molecule has 166 valence electrons. The number of benzene rings is 1. The lowest BCUT2D eigenvalue weighted by Gasteiger charge is -2.52. The third-order valence-corrected chi connectivity index (χ3v) is 6.78. The first kappa shape index (κ1) is 21.5. The van der Waals surface area contributed by atoms with Gasteiger partial charge in [0.15, 0.2) is 0 Å². The largest absolute Gasteiger partial charge is 0.478 e. The van der Waals surface area contributed by atoms with Gasteiger partial charge in [-0.05, 0) is 49.0 Å². The number of hydrogen-bond donors (Lipinski definition) is 3. The summed E-state index contributed by atoms with van der Waals surface area (Å²) in [5.41, 5.74) is 1.44. The molecule has 1 aromatic carbocycles. The zero-order valence-electron chi connectivity index (χ0n) is 17.9. The second-order valence-corrected chi connectivity index (χ2v) is 8.98. The average molecular weight is 429 g/mol. The van der Waals surface area contributed by atoms with Gasteiger partial charge in [0.25, 0.3) is 0 Å². The quantitative estimate of drug-likeness (QED) is 0.605. The van der Waals surface area contributed by atoms with Crippen molar-refractivity contribution in [1.82, 2.24) is 15.1 Å². The predicted molar refractivity (Wildman–Crippen MR) is 115 cm³/mol. The average Bonchev–Trinajstić information content (AvgIpc) is 2.70. The monoisotopic (exact) mass is 428 g/mol. The van der Waals surface area contributed by atoms with Crippen LogP contribution in [0.1, 0.15) is 42.1 Å². The first-order valence-corrected chi connectivity index (χ1v) is 10.8. The molecule has 2 heterocycles. The number of hydrogen-bond acceptors (Lipinski definition) is 5. The van der Waals surface area contributed by atoms with Crippen LogP contribution in [0.15, 0.2) is 29.5 Å². The Labute approximate surface area is 181 Å². The zero-order valence-corrected chi connectivity index (χ0v) is 17.9. The van der Waals surface area contributed by atoms with E-state index < -0.39 is 11.8 Å². The number of halogens is 1. The van der Waals surface area contributed by atoms with Crippen LogP contribution in [0.5, 0.6) is 0 Å². The minimum absolute atomic E-state index is 0.0422. The third kappa shape index (κ3) is 4.08. The Hall–Kier alpha value is -2.74. The van der Waals surface area contributed by atoms with Crippen LogP contribution in [-0.4, -0.2) is 71.8 Å². The van der Waals surface area contributed by atoms with Crippen LogP contribution < -0.4 is 5.32 Å². The summed E-state index contributed by atoms with van der Waals surface area (Å²) >= 11 is 0. The number of carboxylic acid groups (broad SMARTS) is 1. The SMILES string of the molecule is CNC1=C(C(=N)c2ccc(C(=O)O)cc2F)CC[C@H](C(=O)N2CC(N3CC(C)C3)C2)C1. The number of allylic oxidation sites excluding steroid dienone is 2. The number of nitrogens with zero attached hydrogens (tertiary/aromatic N) is 2. The fourth-order valence-electron chi connectivity index (χ4n) is 4.86. The van der Waals surface area contributed by atoms with Crippen molar-refractivity contribution in [2.45, 2.75) is 32.2 Å². The molecule has 31 heavy (non-hydrogen) atoms. The van der Waals surface area contributed by atoms with Gasteiger partial charge in [-0.25, -0.2) is 9.18 Å². The van der Waals surface area contributed by atoms with Gasteiger partial charge in [-0.3, -0.25) is 15.1 Å². The second-order valence-electron chi connectivity index (χ2n) is 8.98. The van der Waals surface area contributed by atoms with E-state index in [9.17, 15) is 14.0 Å². The molecule has 0 saturated carbocycles. The fraction of sp³-hybridized carbons (Fsp3) is 0.522. The molecule has 1 atom stereocenters. The summed E-state index contributed by atoms with van der Waals surface area (Å²) in [6, 6.07) is 4.09. The molecule has 8 heteroatoms. The lowest BCUT2D eigenvalue weighted by atomic mass is 9.82. The summed E-state index contributed by atoms with van der Waals surface area (Å²) in [7, 11) is 1.75. The van der Waals surface area contributed by atoms with E-state index in [-0.39, 0.29) is 28.7 Å². The molecule has 2 aliphatic heterocycles. The van der Waals surface area contributed by atoms with E-state index >= 15 is 0 Å². The molecule has 1 amide bonds. The zero-order chi connectivity index (χ0) is 22.3. The maximum atomic E-state index is 14.5. The van der Waals surface area contributed by atoms with Crippen molar-refractivity contribution >= 4 is 17.6 Å².